The molecule has 0 amide bonds. The highest BCUT2D eigenvalue weighted by Crippen LogP contribution is 2.31. The quantitative estimate of drug-likeness (QED) is 0.817. The van der Waals surface area contributed by atoms with Crippen molar-refractivity contribution in [2.75, 3.05) is 31.2 Å². The van der Waals surface area contributed by atoms with E-state index in [4.69, 9.17) is 4.74 Å². The molecule has 1 saturated heterocycles. The van der Waals surface area contributed by atoms with Crippen molar-refractivity contribution in [1.29, 1.82) is 0 Å². The highest BCUT2D eigenvalue weighted by Gasteiger charge is 2.25. The molecule has 1 aromatic carbocycles. The maximum Gasteiger partial charge on any atom is 0.0533 e. The number of benzene rings is 1. The number of halogens is 1. The van der Waals surface area contributed by atoms with Crippen LogP contribution in [0.2, 0.25) is 0 Å². The van der Waals surface area contributed by atoms with Crippen LogP contribution in [0.1, 0.15) is 5.56 Å². The molecule has 80 valence electrons. The second kappa shape index (κ2) is 3.80. The van der Waals surface area contributed by atoms with Crippen LogP contribution in [-0.2, 0) is 11.2 Å². The van der Waals surface area contributed by atoms with Gasteiger partial charge in [0, 0.05) is 29.2 Å². The van der Waals surface area contributed by atoms with Gasteiger partial charge in [0.15, 0.2) is 0 Å². The molecule has 0 saturated carbocycles. The van der Waals surface area contributed by atoms with Crippen LogP contribution in [0.3, 0.4) is 0 Å². The lowest BCUT2D eigenvalue weighted by molar-refractivity contribution is -0.0274. The van der Waals surface area contributed by atoms with E-state index in [1.165, 1.54) is 28.7 Å². The number of ether oxygens (including phenoxy) is 1. The molecule has 0 bridgehead atoms. The summed E-state index contributed by atoms with van der Waals surface area (Å²) in [7, 11) is 0. The molecule has 0 atom stereocenters. The van der Waals surface area contributed by atoms with Crippen molar-refractivity contribution in [1.82, 2.24) is 0 Å². The van der Waals surface area contributed by atoms with Crippen LogP contribution in [-0.4, -0.2) is 26.3 Å². The maximum atomic E-state index is 5.22. The maximum absolute atomic E-state index is 5.22. The lowest BCUT2D eigenvalue weighted by atomic mass is 10.1. The highest BCUT2D eigenvalue weighted by atomic mass is 79.9. The molecule has 1 fully saturated rings. The minimum Gasteiger partial charge on any atom is -0.381 e. The summed E-state index contributed by atoms with van der Waals surface area (Å²) in [5.41, 5.74) is 2.90. The Morgan fingerprint density at radius 3 is 3.00 bits per heavy atom. The van der Waals surface area contributed by atoms with Gasteiger partial charge in [0.25, 0.3) is 0 Å². The number of hydrogen-bond acceptors (Lipinski definition) is 2. The molecule has 0 radical (unpaired) electrons. The van der Waals surface area contributed by atoms with Gasteiger partial charge in [-0.1, -0.05) is 22.0 Å². The van der Waals surface area contributed by atoms with Crippen LogP contribution in [0.15, 0.2) is 22.7 Å². The Bertz CT molecular complexity index is 376. The van der Waals surface area contributed by atoms with Crippen molar-refractivity contribution >= 4 is 21.6 Å². The van der Waals surface area contributed by atoms with Crippen LogP contribution < -0.4 is 4.90 Å². The van der Waals surface area contributed by atoms with Crippen LogP contribution in [0.25, 0.3) is 0 Å². The van der Waals surface area contributed by atoms with Crippen molar-refractivity contribution in [2.24, 2.45) is 5.92 Å². The zero-order valence-electron chi connectivity index (χ0n) is 8.58. The lowest BCUT2D eigenvalue weighted by Crippen LogP contribution is -2.38. The van der Waals surface area contributed by atoms with Crippen LogP contribution in [0, 0.1) is 5.92 Å². The minimum atomic E-state index is 0.745. The van der Waals surface area contributed by atoms with Crippen molar-refractivity contribution < 1.29 is 4.74 Å². The predicted molar refractivity (Wildman–Crippen MR) is 64.4 cm³/mol. The number of nitrogens with zero attached hydrogens (tertiary/aromatic N) is 1. The minimum absolute atomic E-state index is 0.745. The Balaban J connectivity index is 1.80. The highest BCUT2D eigenvalue weighted by molar-refractivity contribution is 9.10. The Hall–Kier alpha value is -0.540. The molecule has 2 heterocycles. The zero-order chi connectivity index (χ0) is 10.3. The molecule has 0 aromatic heterocycles. The summed E-state index contributed by atoms with van der Waals surface area (Å²) in [6.07, 6.45) is 1.19. The molecule has 2 aliphatic rings. The van der Waals surface area contributed by atoms with Gasteiger partial charge in [-0.3, -0.25) is 0 Å². The summed E-state index contributed by atoms with van der Waals surface area (Å²) in [5.74, 6) is 0.745. The molecular formula is C12H14BrNO. The third kappa shape index (κ3) is 1.79. The molecule has 0 aliphatic carbocycles. The van der Waals surface area contributed by atoms with E-state index in [9.17, 15) is 0 Å². The van der Waals surface area contributed by atoms with E-state index < -0.39 is 0 Å². The second-order valence-electron chi connectivity index (χ2n) is 4.37. The van der Waals surface area contributed by atoms with Gasteiger partial charge in [-0.25, -0.2) is 0 Å². The van der Waals surface area contributed by atoms with Crippen LogP contribution in [0.4, 0.5) is 5.69 Å². The number of rotatable bonds is 2. The van der Waals surface area contributed by atoms with Crippen molar-refractivity contribution in [3.8, 4) is 0 Å². The van der Waals surface area contributed by atoms with Gasteiger partial charge in [0.05, 0.1) is 13.2 Å². The monoisotopic (exact) mass is 267 g/mol. The molecule has 1 aromatic rings. The first kappa shape index (κ1) is 9.67. The molecule has 15 heavy (non-hydrogen) atoms. The van der Waals surface area contributed by atoms with E-state index >= 15 is 0 Å². The van der Waals surface area contributed by atoms with E-state index in [0.29, 0.717) is 0 Å². The van der Waals surface area contributed by atoms with E-state index in [1.54, 1.807) is 0 Å². The lowest BCUT2D eigenvalue weighted by Gasteiger charge is -2.31. The molecule has 0 unspecified atom stereocenters. The van der Waals surface area contributed by atoms with Crippen molar-refractivity contribution in [2.45, 2.75) is 6.42 Å². The fourth-order valence-electron chi connectivity index (χ4n) is 2.31. The average molecular weight is 268 g/mol. The van der Waals surface area contributed by atoms with Gasteiger partial charge in [-0.2, -0.15) is 0 Å². The van der Waals surface area contributed by atoms with Crippen molar-refractivity contribution in [3.05, 3.63) is 28.2 Å². The third-order valence-electron chi connectivity index (χ3n) is 3.22. The molecule has 3 heteroatoms. The molecule has 3 rings (SSSR count). The SMILES string of the molecule is Brc1ccc2c(c1)N(CC1COC1)CC2. The van der Waals surface area contributed by atoms with Gasteiger partial charge in [-0.05, 0) is 24.1 Å². The first-order valence-electron chi connectivity index (χ1n) is 5.44. The Labute approximate surface area is 98.4 Å². The summed E-state index contributed by atoms with van der Waals surface area (Å²) < 4.78 is 6.40. The fourth-order valence-corrected chi connectivity index (χ4v) is 2.66. The van der Waals surface area contributed by atoms with Gasteiger partial charge in [0.1, 0.15) is 0 Å². The average Bonchev–Trinajstić information content (AvgIpc) is 2.54. The Morgan fingerprint density at radius 2 is 2.27 bits per heavy atom. The molecular weight excluding hydrogens is 254 g/mol. The molecule has 2 nitrogen and oxygen atoms in total. The summed E-state index contributed by atoms with van der Waals surface area (Å²) in [6, 6.07) is 6.60. The Morgan fingerprint density at radius 1 is 1.40 bits per heavy atom. The zero-order valence-corrected chi connectivity index (χ0v) is 10.2. The van der Waals surface area contributed by atoms with Gasteiger partial charge < -0.3 is 9.64 Å². The van der Waals surface area contributed by atoms with Crippen LogP contribution in [0.5, 0.6) is 0 Å². The summed E-state index contributed by atoms with van der Waals surface area (Å²) in [5, 5.41) is 0. The second-order valence-corrected chi connectivity index (χ2v) is 5.29. The van der Waals surface area contributed by atoms with Gasteiger partial charge in [-0.15, -0.1) is 0 Å². The standard InChI is InChI=1S/C12H14BrNO/c13-11-2-1-10-3-4-14(12(10)5-11)6-9-7-15-8-9/h1-2,5,9H,3-4,6-8H2. The largest absolute Gasteiger partial charge is 0.381 e. The molecule has 0 spiro atoms. The normalized spacial score (nSPS) is 20.2. The number of fused-ring (bicyclic) bond motifs is 1. The molecule has 2 aliphatic heterocycles. The first-order valence-corrected chi connectivity index (χ1v) is 6.23. The van der Waals surface area contributed by atoms with E-state index in [0.717, 1.165) is 25.7 Å². The smallest absolute Gasteiger partial charge is 0.0533 e. The summed E-state index contributed by atoms with van der Waals surface area (Å²) >= 11 is 3.54. The Kier molecular flexibility index (Phi) is 2.45. The fraction of sp³-hybridized carbons (Fsp3) is 0.500. The summed E-state index contributed by atoms with van der Waals surface area (Å²) in [4.78, 5) is 2.49. The topological polar surface area (TPSA) is 12.5 Å². The van der Waals surface area contributed by atoms with E-state index in [2.05, 4.69) is 39.0 Å². The van der Waals surface area contributed by atoms with Crippen molar-refractivity contribution in [3.63, 3.8) is 0 Å². The third-order valence-corrected chi connectivity index (χ3v) is 3.72. The van der Waals surface area contributed by atoms with Gasteiger partial charge >= 0.3 is 0 Å². The first-order chi connectivity index (χ1) is 7.33. The predicted octanol–water partition coefficient (Wildman–Crippen LogP) is 2.46. The van der Waals surface area contributed by atoms with E-state index in [-0.39, 0.29) is 0 Å². The molecule has 0 N–H and O–H groups in total. The summed E-state index contributed by atoms with van der Waals surface area (Å²) in [6.45, 7) is 4.21. The number of hydrogen-bond donors (Lipinski definition) is 0. The van der Waals surface area contributed by atoms with Crippen LogP contribution >= 0.6 is 15.9 Å². The number of anilines is 1. The van der Waals surface area contributed by atoms with Gasteiger partial charge in [0.2, 0.25) is 0 Å². The van der Waals surface area contributed by atoms with E-state index in [1.807, 2.05) is 0 Å².